The second-order valence-corrected chi connectivity index (χ2v) is 5.20. The number of nitrogens with one attached hydrogen (secondary N) is 1. The largest absolute Gasteiger partial charge is 0.493 e. The molecule has 0 spiro atoms. The molecule has 0 saturated carbocycles. The van der Waals surface area contributed by atoms with Crippen LogP contribution < -0.4 is 20.5 Å². The topological polar surface area (TPSA) is 73.6 Å². The molecule has 0 aliphatic rings. The van der Waals surface area contributed by atoms with E-state index in [2.05, 4.69) is 28.2 Å². The van der Waals surface area contributed by atoms with Crippen LogP contribution in [0.15, 0.2) is 16.6 Å². The van der Waals surface area contributed by atoms with Gasteiger partial charge in [0.25, 0.3) is 0 Å². The van der Waals surface area contributed by atoms with Crippen molar-refractivity contribution >= 4 is 21.8 Å². The molecule has 0 aliphatic carbocycles. The van der Waals surface area contributed by atoms with E-state index >= 15 is 0 Å². The van der Waals surface area contributed by atoms with Crippen LogP contribution in [0.1, 0.15) is 25.3 Å². The molecule has 1 aromatic rings. The van der Waals surface area contributed by atoms with Gasteiger partial charge < -0.3 is 20.5 Å². The number of halogens is 1. The summed E-state index contributed by atoms with van der Waals surface area (Å²) >= 11 is 3.49. The quantitative estimate of drug-likeness (QED) is 0.673. The number of benzene rings is 1. The summed E-state index contributed by atoms with van der Waals surface area (Å²) < 4.78 is 11.9. The minimum Gasteiger partial charge on any atom is -0.493 e. The van der Waals surface area contributed by atoms with Gasteiger partial charge in [0.15, 0.2) is 11.5 Å². The third kappa shape index (κ3) is 5.38. The first-order valence-corrected chi connectivity index (χ1v) is 7.36. The maximum atomic E-state index is 10.6. The van der Waals surface area contributed by atoms with Crippen LogP contribution in [-0.2, 0) is 11.3 Å². The molecule has 1 aromatic carbocycles. The van der Waals surface area contributed by atoms with Gasteiger partial charge in [-0.1, -0.05) is 6.92 Å². The van der Waals surface area contributed by atoms with Crippen LogP contribution in [0.4, 0.5) is 0 Å². The molecule has 0 radical (unpaired) electrons. The Labute approximate surface area is 127 Å². The summed E-state index contributed by atoms with van der Waals surface area (Å²) in [6, 6.07) is 3.90. The average molecular weight is 345 g/mol. The lowest BCUT2D eigenvalue weighted by Gasteiger charge is -2.14. The number of primary amides is 1. The van der Waals surface area contributed by atoms with Gasteiger partial charge in [0.2, 0.25) is 5.91 Å². The molecule has 0 bridgehead atoms. The van der Waals surface area contributed by atoms with Crippen LogP contribution >= 0.6 is 15.9 Å². The number of carbonyl (C=O) groups is 1. The van der Waals surface area contributed by atoms with Crippen LogP contribution in [0.25, 0.3) is 0 Å². The predicted molar refractivity (Wildman–Crippen MR) is 82.0 cm³/mol. The van der Waals surface area contributed by atoms with E-state index in [4.69, 9.17) is 15.2 Å². The van der Waals surface area contributed by atoms with Gasteiger partial charge in [0.1, 0.15) is 0 Å². The standard InChI is InChI=1S/C14H21BrN2O3/c1-3-6-20-14-11(15)7-10(8-12(14)19-2)9-17-5-4-13(16)18/h7-8,17H,3-6,9H2,1-2H3,(H2,16,18). The zero-order valence-corrected chi connectivity index (χ0v) is 13.5. The zero-order chi connectivity index (χ0) is 15.0. The number of amides is 1. The highest BCUT2D eigenvalue weighted by Gasteiger charge is 2.11. The minimum absolute atomic E-state index is 0.306. The first kappa shape index (κ1) is 16.8. The lowest BCUT2D eigenvalue weighted by molar-refractivity contribution is -0.117. The summed E-state index contributed by atoms with van der Waals surface area (Å²) in [5.41, 5.74) is 6.13. The highest BCUT2D eigenvalue weighted by atomic mass is 79.9. The monoisotopic (exact) mass is 344 g/mol. The number of hydrogen-bond acceptors (Lipinski definition) is 4. The van der Waals surface area contributed by atoms with Gasteiger partial charge in [0, 0.05) is 19.5 Å². The van der Waals surface area contributed by atoms with E-state index in [1.165, 1.54) is 0 Å². The maximum absolute atomic E-state index is 10.6. The number of hydrogen-bond donors (Lipinski definition) is 2. The normalized spacial score (nSPS) is 10.3. The summed E-state index contributed by atoms with van der Waals surface area (Å²) in [6.45, 7) is 3.89. The molecule has 0 aromatic heterocycles. The molecule has 0 heterocycles. The van der Waals surface area contributed by atoms with Crippen LogP contribution in [0.5, 0.6) is 11.5 Å². The Morgan fingerprint density at radius 1 is 1.45 bits per heavy atom. The fourth-order valence-corrected chi connectivity index (χ4v) is 2.27. The van der Waals surface area contributed by atoms with E-state index in [0.717, 1.165) is 22.2 Å². The fraction of sp³-hybridized carbons (Fsp3) is 0.500. The molecule has 3 N–H and O–H groups in total. The van der Waals surface area contributed by atoms with Crippen LogP contribution in [-0.4, -0.2) is 26.2 Å². The van der Waals surface area contributed by atoms with Gasteiger partial charge in [-0.2, -0.15) is 0 Å². The molecular formula is C14H21BrN2O3. The van der Waals surface area contributed by atoms with Crippen LogP contribution in [0, 0.1) is 0 Å². The molecule has 0 unspecified atom stereocenters. The zero-order valence-electron chi connectivity index (χ0n) is 11.9. The van der Waals surface area contributed by atoms with E-state index in [1.807, 2.05) is 12.1 Å². The highest BCUT2D eigenvalue weighted by Crippen LogP contribution is 2.36. The summed E-state index contributed by atoms with van der Waals surface area (Å²) in [7, 11) is 1.62. The molecule has 112 valence electrons. The lowest BCUT2D eigenvalue weighted by Crippen LogP contribution is -2.21. The second kappa shape index (κ2) is 8.81. The van der Waals surface area contributed by atoms with Crippen LogP contribution in [0.2, 0.25) is 0 Å². The van der Waals surface area contributed by atoms with Crippen molar-refractivity contribution in [3.63, 3.8) is 0 Å². The van der Waals surface area contributed by atoms with E-state index in [0.29, 0.717) is 31.9 Å². The highest BCUT2D eigenvalue weighted by molar-refractivity contribution is 9.10. The SMILES string of the molecule is CCCOc1c(Br)cc(CNCCC(N)=O)cc1OC. The van der Waals surface area contributed by atoms with Crippen molar-refractivity contribution in [2.45, 2.75) is 26.3 Å². The Kier molecular flexibility index (Phi) is 7.40. The Hall–Kier alpha value is -1.27. The fourth-order valence-electron chi connectivity index (χ4n) is 1.66. The summed E-state index contributed by atoms with van der Waals surface area (Å²) in [6.07, 6.45) is 1.27. The number of nitrogens with two attached hydrogens (primary N) is 1. The molecule has 0 saturated heterocycles. The van der Waals surface area contributed by atoms with Crippen molar-refractivity contribution in [2.75, 3.05) is 20.3 Å². The predicted octanol–water partition coefficient (Wildman–Crippen LogP) is 2.21. The molecular weight excluding hydrogens is 324 g/mol. The molecule has 0 aliphatic heterocycles. The Bertz CT molecular complexity index is 452. The van der Waals surface area contributed by atoms with Crippen molar-refractivity contribution in [1.29, 1.82) is 0 Å². The molecule has 20 heavy (non-hydrogen) atoms. The molecule has 1 rings (SSSR count). The summed E-state index contributed by atoms with van der Waals surface area (Å²) in [4.78, 5) is 10.6. The van der Waals surface area contributed by atoms with Gasteiger partial charge >= 0.3 is 0 Å². The van der Waals surface area contributed by atoms with Crippen LogP contribution in [0.3, 0.4) is 0 Å². The third-order valence-electron chi connectivity index (χ3n) is 2.62. The summed E-state index contributed by atoms with van der Waals surface area (Å²) in [5, 5.41) is 3.16. The number of rotatable bonds is 9. The molecule has 6 heteroatoms. The Balaban J connectivity index is 2.69. The van der Waals surface area contributed by atoms with Crippen molar-refractivity contribution in [2.24, 2.45) is 5.73 Å². The van der Waals surface area contributed by atoms with Crippen molar-refractivity contribution < 1.29 is 14.3 Å². The van der Waals surface area contributed by atoms with E-state index in [1.54, 1.807) is 7.11 Å². The molecule has 1 amide bonds. The van der Waals surface area contributed by atoms with Gasteiger partial charge in [-0.25, -0.2) is 0 Å². The van der Waals surface area contributed by atoms with Gasteiger partial charge in [-0.15, -0.1) is 0 Å². The Morgan fingerprint density at radius 2 is 2.20 bits per heavy atom. The molecule has 0 atom stereocenters. The average Bonchev–Trinajstić information content (AvgIpc) is 2.41. The molecule has 0 fully saturated rings. The first-order valence-electron chi connectivity index (χ1n) is 6.56. The second-order valence-electron chi connectivity index (χ2n) is 4.35. The minimum atomic E-state index is -0.306. The van der Waals surface area contributed by atoms with Crippen molar-refractivity contribution in [1.82, 2.24) is 5.32 Å². The molecule has 5 nitrogen and oxygen atoms in total. The lowest BCUT2D eigenvalue weighted by atomic mass is 10.2. The van der Waals surface area contributed by atoms with Gasteiger partial charge in [-0.05, 0) is 40.0 Å². The van der Waals surface area contributed by atoms with Gasteiger partial charge in [0.05, 0.1) is 18.2 Å². The number of carbonyl (C=O) groups excluding carboxylic acids is 1. The van der Waals surface area contributed by atoms with E-state index < -0.39 is 0 Å². The smallest absolute Gasteiger partial charge is 0.218 e. The maximum Gasteiger partial charge on any atom is 0.218 e. The van der Waals surface area contributed by atoms with E-state index in [9.17, 15) is 4.79 Å². The number of methoxy groups -OCH3 is 1. The third-order valence-corrected chi connectivity index (χ3v) is 3.21. The van der Waals surface area contributed by atoms with Crippen molar-refractivity contribution in [3.05, 3.63) is 22.2 Å². The van der Waals surface area contributed by atoms with Gasteiger partial charge in [-0.3, -0.25) is 4.79 Å². The van der Waals surface area contributed by atoms with E-state index in [-0.39, 0.29) is 5.91 Å². The number of ether oxygens (including phenoxy) is 2. The first-order chi connectivity index (χ1) is 9.58. The summed E-state index contributed by atoms with van der Waals surface area (Å²) in [5.74, 6) is 1.11. The van der Waals surface area contributed by atoms with Crippen molar-refractivity contribution in [3.8, 4) is 11.5 Å². The Morgan fingerprint density at radius 3 is 2.80 bits per heavy atom.